The molecule has 0 aliphatic rings. The predicted molar refractivity (Wildman–Crippen MR) is 54.4 cm³/mol. The average molecular weight is 209 g/mol. The van der Waals surface area contributed by atoms with Crippen molar-refractivity contribution in [2.75, 3.05) is 6.54 Å². The van der Waals surface area contributed by atoms with Crippen LogP contribution in [0.5, 0.6) is 11.5 Å². The Hall–Kier alpha value is -2.01. The van der Waals surface area contributed by atoms with Gasteiger partial charge in [0, 0.05) is 6.54 Å². The molecule has 1 rings (SSSR count). The molecule has 0 bridgehead atoms. The van der Waals surface area contributed by atoms with Gasteiger partial charge in [0.15, 0.2) is 11.5 Å². The van der Waals surface area contributed by atoms with E-state index in [4.69, 9.17) is 21.1 Å². The summed E-state index contributed by atoms with van der Waals surface area (Å²) in [4.78, 5) is 10.6. The number of phenolic OH excluding ortho intramolecular Hbond substituents is 2. The minimum Gasteiger partial charge on any atom is -0.504 e. The van der Waals surface area contributed by atoms with Gasteiger partial charge in [-0.15, -0.1) is 0 Å². The number of carbonyl (C=O) groups is 1. The van der Waals surface area contributed by atoms with E-state index >= 15 is 0 Å². The van der Waals surface area contributed by atoms with Crippen molar-refractivity contribution in [3.8, 4) is 11.5 Å². The van der Waals surface area contributed by atoms with E-state index in [0.29, 0.717) is 5.56 Å². The average Bonchev–Trinajstić information content (AvgIpc) is 2.19. The van der Waals surface area contributed by atoms with Gasteiger partial charge < -0.3 is 21.1 Å². The molecule has 5 nitrogen and oxygen atoms in total. The fraction of sp³-hybridized carbons (Fsp3) is 0.100. The van der Waals surface area contributed by atoms with Crippen molar-refractivity contribution in [3.63, 3.8) is 0 Å². The van der Waals surface area contributed by atoms with Gasteiger partial charge in [-0.1, -0.05) is 6.07 Å². The summed E-state index contributed by atoms with van der Waals surface area (Å²) in [6, 6.07) is 4.01. The topological polar surface area (TPSA) is 104 Å². The van der Waals surface area contributed by atoms with Crippen LogP contribution < -0.4 is 5.73 Å². The van der Waals surface area contributed by atoms with Gasteiger partial charge in [0.25, 0.3) is 0 Å². The van der Waals surface area contributed by atoms with E-state index in [0.717, 1.165) is 0 Å². The van der Waals surface area contributed by atoms with Crippen molar-refractivity contribution >= 4 is 12.0 Å². The Bertz CT molecular complexity index is 412. The van der Waals surface area contributed by atoms with Crippen molar-refractivity contribution in [1.82, 2.24) is 0 Å². The van der Waals surface area contributed by atoms with Gasteiger partial charge in [0.1, 0.15) is 0 Å². The zero-order valence-electron chi connectivity index (χ0n) is 7.84. The van der Waals surface area contributed by atoms with E-state index in [1.807, 2.05) is 0 Å². The molecule has 0 aromatic heterocycles. The molecule has 0 unspecified atom stereocenters. The molecular formula is C10H11NO4. The van der Waals surface area contributed by atoms with Gasteiger partial charge in [-0.2, -0.15) is 0 Å². The molecule has 1 aromatic rings. The second-order valence-electron chi connectivity index (χ2n) is 2.93. The SMILES string of the molecule is NC/C(=C\c1ccc(O)c(O)c1)C(=O)O. The fourth-order valence-corrected chi connectivity index (χ4v) is 1.04. The van der Waals surface area contributed by atoms with Crippen molar-refractivity contribution in [1.29, 1.82) is 0 Å². The highest BCUT2D eigenvalue weighted by Gasteiger charge is 2.05. The minimum absolute atomic E-state index is 0.0279. The lowest BCUT2D eigenvalue weighted by molar-refractivity contribution is -0.132. The number of carboxylic acid groups (broad SMARTS) is 1. The monoisotopic (exact) mass is 209 g/mol. The second-order valence-corrected chi connectivity index (χ2v) is 2.93. The molecule has 5 heteroatoms. The van der Waals surface area contributed by atoms with Crippen LogP contribution in [-0.4, -0.2) is 27.8 Å². The van der Waals surface area contributed by atoms with Crippen molar-refractivity contribution < 1.29 is 20.1 Å². The zero-order chi connectivity index (χ0) is 11.4. The van der Waals surface area contributed by atoms with E-state index in [-0.39, 0.29) is 23.6 Å². The highest BCUT2D eigenvalue weighted by Crippen LogP contribution is 2.25. The summed E-state index contributed by atoms with van der Waals surface area (Å²) in [5, 5.41) is 26.9. The first-order valence-electron chi connectivity index (χ1n) is 4.20. The Morgan fingerprint density at radius 2 is 2.00 bits per heavy atom. The van der Waals surface area contributed by atoms with E-state index < -0.39 is 5.97 Å². The van der Waals surface area contributed by atoms with Crippen LogP contribution in [0.25, 0.3) is 6.08 Å². The largest absolute Gasteiger partial charge is 0.504 e. The molecule has 0 radical (unpaired) electrons. The summed E-state index contributed by atoms with van der Waals surface area (Å²) in [5.41, 5.74) is 5.72. The molecule has 1 aromatic carbocycles. The fourth-order valence-electron chi connectivity index (χ4n) is 1.04. The quantitative estimate of drug-likeness (QED) is 0.429. The third-order valence-electron chi connectivity index (χ3n) is 1.83. The molecule has 0 atom stereocenters. The van der Waals surface area contributed by atoms with Crippen LogP contribution in [0.1, 0.15) is 5.56 Å². The summed E-state index contributed by atoms with van der Waals surface area (Å²) in [6.07, 6.45) is 1.33. The van der Waals surface area contributed by atoms with Crippen LogP contribution >= 0.6 is 0 Å². The first-order valence-corrected chi connectivity index (χ1v) is 4.20. The lowest BCUT2D eigenvalue weighted by Gasteiger charge is -2.01. The van der Waals surface area contributed by atoms with Gasteiger partial charge >= 0.3 is 5.97 Å². The van der Waals surface area contributed by atoms with Crippen molar-refractivity contribution in [2.24, 2.45) is 5.73 Å². The molecule has 80 valence electrons. The van der Waals surface area contributed by atoms with Gasteiger partial charge in [0.05, 0.1) is 5.57 Å². The van der Waals surface area contributed by atoms with Crippen LogP contribution in [-0.2, 0) is 4.79 Å². The van der Waals surface area contributed by atoms with Gasteiger partial charge in [-0.25, -0.2) is 4.79 Å². The highest BCUT2D eigenvalue weighted by atomic mass is 16.4. The number of rotatable bonds is 3. The molecule has 5 N–H and O–H groups in total. The summed E-state index contributed by atoms with van der Waals surface area (Å²) < 4.78 is 0. The number of hydrogen-bond acceptors (Lipinski definition) is 4. The molecule has 0 saturated heterocycles. The zero-order valence-corrected chi connectivity index (χ0v) is 7.84. The minimum atomic E-state index is -1.11. The summed E-state index contributed by atoms with van der Waals surface area (Å²) in [6.45, 7) is -0.100. The number of benzene rings is 1. The molecular weight excluding hydrogens is 198 g/mol. The van der Waals surface area contributed by atoms with E-state index in [2.05, 4.69) is 0 Å². The number of carboxylic acids is 1. The summed E-state index contributed by atoms with van der Waals surface area (Å²) >= 11 is 0. The number of nitrogens with two attached hydrogens (primary N) is 1. The summed E-state index contributed by atoms with van der Waals surface area (Å²) in [5.74, 6) is -1.66. The molecule has 0 saturated carbocycles. The third kappa shape index (κ3) is 2.72. The van der Waals surface area contributed by atoms with Gasteiger partial charge in [0.2, 0.25) is 0 Å². The molecule has 0 heterocycles. The predicted octanol–water partition coefficient (Wildman–Crippen LogP) is 0.524. The Balaban J connectivity index is 3.07. The van der Waals surface area contributed by atoms with Crippen LogP contribution in [0.4, 0.5) is 0 Å². The normalized spacial score (nSPS) is 11.4. The second kappa shape index (κ2) is 4.47. The number of aromatic hydroxyl groups is 2. The Morgan fingerprint density at radius 3 is 2.47 bits per heavy atom. The van der Waals surface area contributed by atoms with E-state index in [9.17, 15) is 4.79 Å². The van der Waals surface area contributed by atoms with Gasteiger partial charge in [-0.05, 0) is 23.8 Å². The molecule has 0 fully saturated rings. The van der Waals surface area contributed by atoms with Crippen LogP contribution in [0.3, 0.4) is 0 Å². The van der Waals surface area contributed by atoms with Crippen LogP contribution in [0.15, 0.2) is 23.8 Å². The first-order chi connectivity index (χ1) is 7.04. The molecule has 0 spiro atoms. The third-order valence-corrected chi connectivity index (χ3v) is 1.83. The van der Waals surface area contributed by atoms with Crippen LogP contribution in [0.2, 0.25) is 0 Å². The van der Waals surface area contributed by atoms with Crippen LogP contribution in [0, 0.1) is 0 Å². The van der Waals surface area contributed by atoms with Crippen molar-refractivity contribution in [3.05, 3.63) is 29.3 Å². The number of hydrogen-bond donors (Lipinski definition) is 4. The highest BCUT2D eigenvalue weighted by molar-refractivity contribution is 5.92. The smallest absolute Gasteiger partial charge is 0.332 e. The molecule has 15 heavy (non-hydrogen) atoms. The van der Waals surface area contributed by atoms with Gasteiger partial charge in [-0.3, -0.25) is 0 Å². The first kappa shape index (κ1) is 11.1. The Labute approximate surface area is 86.1 Å². The molecule has 0 aliphatic carbocycles. The number of aliphatic carboxylic acids is 1. The lowest BCUT2D eigenvalue weighted by atomic mass is 10.1. The maximum absolute atomic E-state index is 10.6. The standard InChI is InChI=1S/C10H11NO4/c11-5-7(10(14)15)3-6-1-2-8(12)9(13)4-6/h1-4,12-13H,5,11H2,(H,14,15)/b7-3+. The Morgan fingerprint density at radius 1 is 1.33 bits per heavy atom. The maximum atomic E-state index is 10.6. The maximum Gasteiger partial charge on any atom is 0.332 e. The van der Waals surface area contributed by atoms with E-state index in [1.165, 1.54) is 24.3 Å². The lowest BCUT2D eigenvalue weighted by Crippen LogP contribution is -2.11. The number of phenols is 2. The molecule has 0 aliphatic heterocycles. The Kier molecular flexibility index (Phi) is 3.30. The van der Waals surface area contributed by atoms with Crippen molar-refractivity contribution in [2.45, 2.75) is 0 Å². The molecule has 0 amide bonds. The van der Waals surface area contributed by atoms with E-state index in [1.54, 1.807) is 0 Å². The summed E-state index contributed by atoms with van der Waals surface area (Å²) in [7, 11) is 0.